The van der Waals surface area contributed by atoms with Crippen molar-refractivity contribution in [3.8, 4) is 5.75 Å². The van der Waals surface area contributed by atoms with Gasteiger partial charge < -0.3 is 9.64 Å². The maximum Gasteiger partial charge on any atom is 0.279 e. The molecule has 28 heavy (non-hydrogen) atoms. The number of amides is 3. The third-order valence-electron chi connectivity index (χ3n) is 4.31. The van der Waals surface area contributed by atoms with Crippen LogP contribution in [0.1, 0.15) is 30.1 Å². The highest BCUT2D eigenvalue weighted by Crippen LogP contribution is 2.25. The summed E-state index contributed by atoms with van der Waals surface area (Å²) in [7, 11) is 0. The predicted molar refractivity (Wildman–Crippen MR) is 100 cm³/mol. The summed E-state index contributed by atoms with van der Waals surface area (Å²) in [4.78, 5) is 38.2. The molecule has 0 radical (unpaired) electrons. The molecule has 2 aromatic rings. The van der Waals surface area contributed by atoms with Gasteiger partial charge in [0.15, 0.2) is 6.10 Å². The number of rotatable bonds is 5. The van der Waals surface area contributed by atoms with Crippen molar-refractivity contribution < 1.29 is 23.5 Å². The smallest absolute Gasteiger partial charge is 0.279 e. The summed E-state index contributed by atoms with van der Waals surface area (Å²) >= 11 is 0. The van der Waals surface area contributed by atoms with E-state index in [1.54, 1.807) is 29.2 Å². The van der Waals surface area contributed by atoms with Gasteiger partial charge in [-0.3, -0.25) is 25.2 Å². The van der Waals surface area contributed by atoms with Crippen LogP contribution in [0.25, 0.3) is 0 Å². The first-order valence-electron chi connectivity index (χ1n) is 8.87. The van der Waals surface area contributed by atoms with Crippen molar-refractivity contribution >= 4 is 23.4 Å². The largest absolute Gasteiger partial charge is 0.481 e. The van der Waals surface area contributed by atoms with Crippen LogP contribution in [0, 0.1) is 5.82 Å². The van der Waals surface area contributed by atoms with Gasteiger partial charge in [0.05, 0.1) is 11.3 Å². The lowest BCUT2D eigenvalue weighted by Gasteiger charge is -2.20. The fourth-order valence-electron chi connectivity index (χ4n) is 2.86. The Balaban J connectivity index is 1.60. The highest BCUT2D eigenvalue weighted by atomic mass is 19.1. The molecule has 0 bridgehead atoms. The molecule has 1 saturated heterocycles. The number of hydrazine groups is 1. The van der Waals surface area contributed by atoms with Gasteiger partial charge in [0.25, 0.3) is 11.8 Å². The van der Waals surface area contributed by atoms with Crippen LogP contribution >= 0.6 is 0 Å². The number of anilines is 1. The minimum Gasteiger partial charge on any atom is -0.481 e. The first kappa shape index (κ1) is 19.3. The number of carbonyl (C=O) groups is 3. The zero-order valence-corrected chi connectivity index (χ0v) is 15.3. The molecule has 0 aromatic heterocycles. The summed E-state index contributed by atoms with van der Waals surface area (Å²) in [5.41, 5.74) is 5.43. The number of hydrogen-bond donors (Lipinski definition) is 2. The van der Waals surface area contributed by atoms with Crippen molar-refractivity contribution in [2.45, 2.75) is 25.9 Å². The number of para-hydroxylation sites is 1. The average molecular weight is 385 g/mol. The second-order valence-electron chi connectivity index (χ2n) is 6.32. The van der Waals surface area contributed by atoms with Crippen molar-refractivity contribution in [2.24, 2.45) is 0 Å². The van der Waals surface area contributed by atoms with E-state index in [0.717, 1.165) is 6.42 Å². The fraction of sp³-hybridized carbons (Fsp3) is 0.250. The van der Waals surface area contributed by atoms with E-state index in [1.807, 2.05) is 0 Å². The van der Waals surface area contributed by atoms with Gasteiger partial charge >= 0.3 is 0 Å². The van der Waals surface area contributed by atoms with Crippen LogP contribution < -0.4 is 20.5 Å². The minimum absolute atomic E-state index is 0.0365. The van der Waals surface area contributed by atoms with Crippen molar-refractivity contribution in [3.63, 3.8) is 0 Å². The lowest BCUT2D eigenvalue weighted by Crippen LogP contribution is -2.47. The van der Waals surface area contributed by atoms with E-state index >= 15 is 0 Å². The summed E-state index contributed by atoms with van der Waals surface area (Å²) < 4.78 is 18.3. The lowest BCUT2D eigenvalue weighted by atomic mass is 10.1. The Labute approximate surface area is 161 Å². The van der Waals surface area contributed by atoms with E-state index < -0.39 is 23.7 Å². The van der Waals surface area contributed by atoms with E-state index in [1.165, 1.54) is 31.2 Å². The standard InChI is InChI=1S/C20H20FN3O4/c1-13(28-15-10-8-14(21)9-11-15)19(26)22-23-20(27)16-5-2-3-6-17(16)24-12-4-7-18(24)25/h2-3,5-6,8-11,13H,4,7,12H2,1H3,(H,22,26)(H,23,27)/t13-/m0/s1. The van der Waals surface area contributed by atoms with Gasteiger partial charge in [-0.05, 0) is 49.7 Å². The number of benzene rings is 2. The van der Waals surface area contributed by atoms with Crippen LogP contribution in [0.15, 0.2) is 48.5 Å². The number of nitrogens with zero attached hydrogens (tertiary/aromatic N) is 1. The minimum atomic E-state index is -0.916. The number of nitrogens with one attached hydrogen (secondary N) is 2. The Bertz CT molecular complexity index is 885. The Morgan fingerprint density at radius 3 is 2.50 bits per heavy atom. The zero-order valence-electron chi connectivity index (χ0n) is 15.3. The molecule has 1 aliphatic rings. The Morgan fingerprint density at radius 1 is 1.11 bits per heavy atom. The van der Waals surface area contributed by atoms with Crippen LogP contribution in [0.3, 0.4) is 0 Å². The van der Waals surface area contributed by atoms with Crippen molar-refractivity contribution in [1.82, 2.24) is 10.9 Å². The number of hydrogen-bond acceptors (Lipinski definition) is 4. The molecule has 3 rings (SSSR count). The molecule has 146 valence electrons. The molecule has 1 aliphatic heterocycles. The van der Waals surface area contributed by atoms with Crippen molar-refractivity contribution in [1.29, 1.82) is 0 Å². The summed E-state index contributed by atoms with van der Waals surface area (Å²) in [5, 5.41) is 0. The topological polar surface area (TPSA) is 87.7 Å². The van der Waals surface area contributed by atoms with Crippen LogP contribution in [0.4, 0.5) is 10.1 Å². The molecule has 2 aromatic carbocycles. The first-order chi connectivity index (χ1) is 13.5. The number of ether oxygens (including phenoxy) is 1. The number of halogens is 1. The van der Waals surface area contributed by atoms with E-state index in [4.69, 9.17) is 4.74 Å². The zero-order chi connectivity index (χ0) is 20.1. The molecule has 3 amide bonds. The van der Waals surface area contributed by atoms with Gasteiger partial charge in [-0.25, -0.2) is 4.39 Å². The van der Waals surface area contributed by atoms with E-state index in [-0.39, 0.29) is 11.5 Å². The number of carbonyl (C=O) groups excluding carboxylic acids is 3. The van der Waals surface area contributed by atoms with Gasteiger partial charge in [0.2, 0.25) is 5.91 Å². The summed E-state index contributed by atoms with van der Waals surface area (Å²) in [6.45, 7) is 2.06. The Morgan fingerprint density at radius 2 is 1.82 bits per heavy atom. The lowest BCUT2D eigenvalue weighted by molar-refractivity contribution is -0.128. The Kier molecular flexibility index (Phi) is 5.88. The fourth-order valence-corrected chi connectivity index (χ4v) is 2.86. The van der Waals surface area contributed by atoms with E-state index in [2.05, 4.69) is 10.9 Å². The predicted octanol–water partition coefficient (Wildman–Crippen LogP) is 2.18. The highest BCUT2D eigenvalue weighted by molar-refractivity contribution is 6.05. The van der Waals surface area contributed by atoms with Gasteiger partial charge in [0, 0.05) is 13.0 Å². The molecule has 0 saturated carbocycles. The van der Waals surface area contributed by atoms with Crippen molar-refractivity contribution in [3.05, 3.63) is 59.9 Å². The van der Waals surface area contributed by atoms with E-state index in [9.17, 15) is 18.8 Å². The van der Waals surface area contributed by atoms with Gasteiger partial charge in [-0.15, -0.1) is 0 Å². The summed E-state index contributed by atoms with van der Waals surface area (Å²) in [6.07, 6.45) is 0.274. The summed E-state index contributed by atoms with van der Waals surface area (Å²) in [6, 6.07) is 12.0. The van der Waals surface area contributed by atoms with Gasteiger partial charge in [0.1, 0.15) is 11.6 Å². The average Bonchev–Trinajstić information content (AvgIpc) is 3.13. The quantitative estimate of drug-likeness (QED) is 0.773. The van der Waals surface area contributed by atoms with Crippen LogP contribution in [0.5, 0.6) is 5.75 Å². The van der Waals surface area contributed by atoms with Gasteiger partial charge in [-0.2, -0.15) is 0 Å². The molecule has 7 nitrogen and oxygen atoms in total. The molecule has 1 heterocycles. The first-order valence-corrected chi connectivity index (χ1v) is 8.87. The molecule has 8 heteroatoms. The molecular weight excluding hydrogens is 365 g/mol. The second-order valence-corrected chi connectivity index (χ2v) is 6.32. The molecule has 1 fully saturated rings. The third-order valence-corrected chi connectivity index (χ3v) is 4.31. The van der Waals surface area contributed by atoms with Crippen LogP contribution in [-0.2, 0) is 9.59 Å². The maximum absolute atomic E-state index is 12.9. The monoisotopic (exact) mass is 385 g/mol. The Hall–Kier alpha value is -3.42. The normalized spacial score (nSPS) is 14.5. The molecule has 0 unspecified atom stereocenters. The SMILES string of the molecule is C[C@H](Oc1ccc(F)cc1)C(=O)NNC(=O)c1ccccc1N1CCCC1=O. The van der Waals surface area contributed by atoms with Crippen LogP contribution in [-0.4, -0.2) is 30.4 Å². The highest BCUT2D eigenvalue weighted by Gasteiger charge is 2.26. The van der Waals surface area contributed by atoms with Crippen LogP contribution in [0.2, 0.25) is 0 Å². The molecule has 2 N–H and O–H groups in total. The molecular formula is C20H20FN3O4. The second kappa shape index (κ2) is 8.51. The van der Waals surface area contributed by atoms with E-state index in [0.29, 0.717) is 24.4 Å². The maximum atomic E-state index is 12.9. The molecule has 0 aliphatic carbocycles. The van der Waals surface area contributed by atoms with Gasteiger partial charge in [-0.1, -0.05) is 12.1 Å². The summed E-state index contributed by atoms with van der Waals surface area (Å²) in [5.74, 6) is -1.24. The molecule has 1 atom stereocenters. The third kappa shape index (κ3) is 4.46. The van der Waals surface area contributed by atoms with Crippen molar-refractivity contribution in [2.75, 3.05) is 11.4 Å². The molecule has 0 spiro atoms.